The van der Waals surface area contributed by atoms with Gasteiger partial charge in [0.15, 0.2) is 5.82 Å². The summed E-state index contributed by atoms with van der Waals surface area (Å²) >= 11 is 0. The molecule has 4 aromatic rings. The highest BCUT2D eigenvalue weighted by atomic mass is 16.5. The van der Waals surface area contributed by atoms with Gasteiger partial charge in [0.25, 0.3) is 0 Å². The maximum Gasteiger partial charge on any atom is 0.156 e. The Balaban J connectivity index is 1.56. The summed E-state index contributed by atoms with van der Waals surface area (Å²) in [5.41, 5.74) is 3.90. The molecule has 0 spiro atoms. The molecule has 1 aromatic heterocycles. The Hall–Kier alpha value is -3.66. The molecule has 3 aromatic carbocycles. The maximum atomic E-state index is 6.08. The van der Waals surface area contributed by atoms with E-state index in [1.54, 1.807) is 0 Å². The van der Waals surface area contributed by atoms with Crippen molar-refractivity contribution in [1.82, 2.24) is 9.78 Å². The average Bonchev–Trinajstić information content (AvgIpc) is 3.31. The van der Waals surface area contributed by atoms with Crippen LogP contribution in [0.1, 0.15) is 44.6 Å². The largest absolute Gasteiger partial charge is 0.493 e. The highest BCUT2D eigenvalue weighted by molar-refractivity contribution is 5.85. The van der Waals surface area contributed by atoms with Crippen molar-refractivity contribution in [3.8, 4) is 22.7 Å². The van der Waals surface area contributed by atoms with E-state index in [2.05, 4.69) is 19.1 Å². The fourth-order valence-corrected chi connectivity index (χ4v) is 3.71. The predicted molar refractivity (Wildman–Crippen MR) is 137 cm³/mol. The summed E-state index contributed by atoms with van der Waals surface area (Å²) in [6.45, 7) is 2.97. The standard InChI is InChI=1S/C29H31N3O/c1-2-3-4-5-14-21-33-28-20-13-12-17-25(28)23-30-29-22-27(24-15-8-6-9-16-24)31-32(29)26-18-10-7-11-19-26/h6-13,15-20,22-23H,2-5,14,21H2,1H3. The third-order valence-electron chi connectivity index (χ3n) is 5.52. The molecule has 4 nitrogen and oxygen atoms in total. The normalized spacial score (nSPS) is 11.2. The lowest BCUT2D eigenvalue weighted by molar-refractivity contribution is 0.304. The molecule has 1 heterocycles. The van der Waals surface area contributed by atoms with Crippen LogP contribution in [-0.2, 0) is 0 Å². The minimum absolute atomic E-state index is 0.731. The lowest BCUT2D eigenvalue weighted by atomic mass is 10.1. The molecule has 0 amide bonds. The SMILES string of the molecule is CCCCCCCOc1ccccc1C=Nc1cc(-c2ccccc2)nn1-c1ccccc1. The van der Waals surface area contributed by atoms with Gasteiger partial charge in [-0.25, -0.2) is 9.67 Å². The lowest BCUT2D eigenvalue weighted by Gasteiger charge is -2.09. The highest BCUT2D eigenvalue weighted by Crippen LogP contribution is 2.27. The first-order valence-electron chi connectivity index (χ1n) is 11.8. The number of unbranched alkanes of at least 4 members (excludes halogenated alkanes) is 4. The molecule has 33 heavy (non-hydrogen) atoms. The van der Waals surface area contributed by atoms with Gasteiger partial charge in [0.2, 0.25) is 0 Å². The molecule has 4 rings (SSSR count). The Bertz CT molecular complexity index is 1150. The van der Waals surface area contributed by atoms with Crippen LogP contribution in [0.3, 0.4) is 0 Å². The van der Waals surface area contributed by atoms with Gasteiger partial charge in [-0.1, -0.05) is 93.3 Å². The van der Waals surface area contributed by atoms with Crippen molar-refractivity contribution in [2.45, 2.75) is 39.0 Å². The number of aliphatic imine (C=N–C) groups is 1. The van der Waals surface area contributed by atoms with Crippen molar-refractivity contribution >= 4 is 12.0 Å². The fourth-order valence-electron chi connectivity index (χ4n) is 3.71. The monoisotopic (exact) mass is 437 g/mol. The van der Waals surface area contributed by atoms with Crippen LogP contribution in [0.15, 0.2) is 96.0 Å². The van der Waals surface area contributed by atoms with Crippen LogP contribution in [0.4, 0.5) is 5.82 Å². The molecular weight excluding hydrogens is 406 g/mol. The van der Waals surface area contributed by atoms with E-state index in [-0.39, 0.29) is 0 Å². The fraction of sp³-hybridized carbons (Fsp3) is 0.241. The summed E-state index contributed by atoms with van der Waals surface area (Å²) in [5.74, 6) is 1.64. The Labute approximate surface area is 196 Å². The van der Waals surface area contributed by atoms with Gasteiger partial charge in [0.05, 0.1) is 18.0 Å². The number of hydrogen-bond donors (Lipinski definition) is 0. The van der Waals surface area contributed by atoms with E-state index in [4.69, 9.17) is 14.8 Å². The third kappa shape index (κ3) is 6.19. The number of nitrogens with zero attached hydrogens (tertiary/aromatic N) is 3. The number of aromatic nitrogens is 2. The van der Waals surface area contributed by atoms with Gasteiger partial charge in [-0.05, 0) is 30.7 Å². The van der Waals surface area contributed by atoms with Crippen LogP contribution in [0.5, 0.6) is 5.75 Å². The summed E-state index contributed by atoms with van der Waals surface area (Å²) in [5, 5.41) is 4.84. The van der Waals surface area contributed by atoms with Gasteiger partial charge in [0.1, 0.15) is 5.75 Å². The third-order valence-corrected chi connectivity index (χ3v) is 5.52. The van der Waals surface area contributed by atoms with E-state index >= 15 is 0 Å². The highest BCUT2D eigenvalue weighted by Gasteiger charge is 2.10. The van der Waals surface area contributed by atoms with Crippen LogP contribution < -0.4 is 4.74 Å². The number of hydrogen-bond acceptors (Lipinski definition) is 3. The molecule has 0 atom stereocenters. The number of rotatable bonds is 11. The lowest BCUT2D eigenvalue weighted by Crippen LogP contribution is -2.00. The van der Waals surface area contributed by atoms with Crippen molar-refractivity contribution in [3.05, 3.63) is 96.6 Å². The van der Waals surface area contributed by atoms with E-state index in [0.717, 1.165) is 47.1 Å². The smallest absolute Gasteiger partial charge is 0.156 e. The average molecular weight is 438 g/mol. The molecule has 4 heteroatoms. The quantitative estimate of drug-likeness (QED) is 0.179. The van der Waals surface area contributed by atoms with E-state index in [0.29, 0.717) is 0 Å². The Kier molecular flexibility index (Phi) is 8.07. The second-order valence-corrected chi connectivity index (χ2v) is 8.06. The summed E-state index contributed by atoms with van der Waals surface area (Å²) in [4.78, 5) is 4.82. The molecule has 0 saturated heterocycles. The Morgan fingerprint density at radius 3 is 2.30 bits per heavy atom. The van der Waals surface area contributed by atoms with Crippen LogP contribution in [0.2, 0.25) is 0 Å². The van der Waals surface area contributed by atoms with Crippen LogP contribution in [0.25, 0.3) is 16.9 Å². The first-order valence-corrected chi connectivity index (χ1v) is 11.8. The number of benzene rings is 3. The molecule has 0 fully saturated rings. The topological polar surface area (TPSA) is 39.4 Å². The van der Waals surface area contributed by atoms with Crippen LogP contribution in [0, 0.1) is 0 Å². The molecule has 0 N–H and O–H groups in total. The van der Waals surface area contributed by atoms with Crippen LogP contribution >= 0.6 is 0 Å². The first kappa shape index (κ1) is 22.5. The first-order chi connectivity index (χ1) is 16.3. The maximum absolute atomic E-state index is 6.08. The van der Waals surface area contributed by atoms with E-state index in [1.807, 2.05) is 89.8 Å². The summed E-state index contributed by atoms with van der Waals surface area (Å²) < 4.78 is 7.97. The van der Waals surface area contributed by atoms with Crippen LogP contribution in [-0.4, -0.2) is 22.6 Å². The minimum atomic E-state index is 0.731. The molecule has 0 saturated carbocycles. The molecule has 0 aliphatic rings. The molecule has 0 bridgehead atoms. The van der Waals surface area contributed by atoms with Crippen molar-refractivity contribution in [3.63, 3.8) is 0 Å². The van der Waals surface area contributed by atoms with Crippen molar-refractivity contribution in [1.29, 1.82) is 0 Å². The van der Waals surface area contributed by atoms with E-state index in [9.17, 15) is 0 Å². The summed E-state index contributed by atoms with van der Waals surface area (Å²) in [6, 6.07) is 30.4. The second kappa shape index (κ2) is 11.8. The molecule has 0 aliphatic carbocycles. The predicted octanol–water partition coefficient (Wildman–Crippen LogP) is 7.64. The van der Waals surface area contributed by atoms with Crippen molar-refractivity contribution in [2.24, 2.45) is 4.99 Å². The minimum Gasteiger partial charge on any atom is -0.493 e. The second-order valence-electron chi connectivity index (χ2n) is 8.06. The van der Waals surface area contributed by atoms with Gasteiger partial charge in [0, 0.05) is 23.4 Å². The van der Waals surface area contributed by atoms with Gasteiger partial charge in [-0.15, -0.1) is 0 Å². The Morgan fingerprint density at radius 1 is 0.818 bits per heavy atom. The zero-order valence-corrected chi connectivity index (χ0v) is 19.2. The summed E-state index contributed by atoms with van der Waals surface area (Å²) in [7, 11) is 0. The molecule has 0 unspecified atom stereocenters. The van der Waals surface area contributed by atoms with Gasteiger partial charge >= 0.3 is 0 Å². The summed E-state index contributed by atoms with van der Waals surface area (Å²) in [6.07, 6.45) is 7.98. The molecular formula is C29H31N3O. The molecule has 168 valence electrons. The van der Waals surface area contributed by atoms with Gasteiger partial charge in [-0.2, -0.15) is 5.10 Å². The number of para-hydroxylation sites is 2. The molecule has 0 radical (unpaired) electrons. The zero-order valence-electron chi connectivity index (χ0n) is 19.2. The number of ether oxygens (including phenoxy) is 1. The van der Waals surface area contributed by atoms with E-state index in [1.165, 1.54) is 25.7 Å². The van der Waals surface area contributed by atoms with Crippen molar-refractivity contribution < 1.29 is 4.74 Å². The molecule has 0 aliphatic heterocycles. The zero-order chi connectivity index (χ0) is 22.7. The van der Waals surface area contributed by atoms with Gasteiger partial charge < -0.3 is 4.74 Å². The Morgan fingerprint density at radius 2 is 1.52 bits per heavy atom. The van der Waals surface area contributed by atoms with E-state index < -0.39 is 0 Å². The van der Waals surface area contributed by atoms with Crippen molar-refractivity contribution in [2.75, 3.05) is 6.61 Å². The van der Waals surface area contributed by atoms with Gasteiger partial charge in [-0.3, -0.25) is 0 Å².